The van der Waals surface area contributed by atoms with Crippen molar-refractivity contribution in [2.75, 3.05) is 0 Å². The molecule has 0 amide bonds. The molecule has 3 nitrogen and oxygen atoms in total. The Morgan fingerprint density at radius 1 is 1.05 bits per heavy atom. The smallest absolute Gasteiger partial charge is 0.328 e. The summed E-state index contributed by atoms with van der Waals surface area (Å²) in [6.45, 7) is 3.94. The van der Waals surface area contributed by atoms with Gasteiger partial charge in [0.1, 0.15) is 6.10 Å². The zero-order valence-corrected chi connectivity index (χ0v) is 11.4. The molecule has 2 rings (SSSR count). The first kappa shape index (κ1) is 14.8. The van der Waals surface area contributed by atoms with Crippen LogP contribution in [-0.4, -0.2) is 16.2 Å². The van der Waals surface area contributed by atoms with Crippen LogP contribution in [0.2, 0.25) is 0 Å². The number of carbonyl (C=O) groups is 1. The number of benzene rings is 2. The molecule has 0 saturated heterocycles. The lowest BCUT2D eigenvalue weighted by Crippen LogP contribution is -2.00. The molecule has 0 aliphatic rings. The summed E-state index contributed by atoms with van der Waals surface area (Å²) in [6.07, 6.45) is 1.80. The molecule has 0 saturated carbocycles. The fraction of sp³-hybridized carbons (Fsp3) is 0.0556. The summed E-state index contributed by atoms with van der Waals surface area (Å²) in [6, 6.07) is 16.5. The average molecular weight is 280 g/mol. The molecule has 3 heteroatoms. The van der Waals surface area contributed by atoms with Gasteiger partial charge in [0.2, 0.25) is 0 Å². The topological polar surface area (TPSA) is 57.5 Å². The van der Waals surface area contributed by atoms with E-state index in [-0.39, 0.29) is 0 Å². The van der Waals surface area contributed by atoms with Crippen molar-refractivity contribution in [2.24, 2.45) is 0 Å². The first-order chi connectivity index (χ1) is 10.1. The highest BCUT2D eigenvalue weighted by Crippen LogP contribution is 2.28. The van der Waals surface area contributed by atoms with E-state index < -0.39 is 12.1 Å². The fourth-order valence-corrected chi connectivity index (χ4v) is 1.97. The van der Waals surface area contributed by atoms with E-state index in [1.54, 1.807) is 24.3 Å². The highest BCUT2D eigenvalue weighted by atomic mass is 16.4. The second kappa shape index (κ2) is 6.68. The second-order valence-electron chi connectivity index (χ2n) is 4.63. The molecule has 0 radical (unpaired) electrons. The number of aliphatic hydroxyl groups excluding tert-OH is 1. The lowest BCUT2D eigenvalue weighted by atomic mass is 9.96. The summed E-state index contributed by atoms with van der Waals surface area (Å²) >= 11 is 0. The summed E-state index contributed by atoms with van der Waals surface area (Å²) < 4.78 is 0. The first-order valence-corrected chi connectivity index (χ1v) is 6.51. The van der Waals surface area contributed by atoms with Crippen molar-refractivity contribution >= 4 is 17.6 Å². The Morgan fingerprint density at radius 3 is 2.24 bits per heavy atom. The number of carboxylic acids is 1. The third-order valence-corrected chi connectivity index (χ3v) is 3.15. The lowest BCUT2D eigenvalue weighted by Gasteiger charge is -2.14. The van der Waals surface area contributed by atoms with Crippen LogP contribution in [0.4, 0.5) is 0 Å². The van der Waals surface area contributed by atoms with Crippen molar-refractivity contribution in [1.29, 1.82) is 0 Å². The van der Waals surface area contributed by atoms with Gasteiger partial charge in [0.25, 0.3) is 0 Å². The summed E-state index contributed by atoms with van der Waals surface area (Å²) in [7, 11) is 0. The monoisotopic (exact) mass is 280 g/mol. The molecule has 0 aliphatic carbocycles. The average Bonchev–Trinajstić information content (AvgIpc) is 2.53. The highest BCUT2D eigenvalue weighted by molar-refractivity contribution is 5.85. The molecule has 21 heavy (non-hydrogen) atoms. The van der Waals surface area contributed by atoms with E-state index >= 15 is 0 Å². The van der Waals surface area contributed by atoms with Gasteiger partial charge in [0, 0.05) is 6.08 Å². The van der Waals surface area contributed by atoms with Gasteiger partial charge in [-0.2, -0.15) is 0 Å². The molecular weight excluding hydrogens is 264 g/mol. The van der Waals surface area contributed by atoms with E-state index in [9.17, 15) is 9.90 Å². The van der Waals surface area contributed by atoms with Crippen LogP contribution in [0.5, 0.6) is 0 Å². The van der Waals surface area contributed by atoms with Gasteiger partial charge >= 0.3 is 5.97 Å². The van der Waals surface area contributed by atoms with Crippen LogP contribution in [0.1, 0.15) is 22.8 Å². The van der Waals surface area contributed by atoms with Gasteiger partial charge in [-0.3, -0.25) is 0 Å². The summed E-state index contributed by atoms with van der Waals surface area (Å²) in [5.74, 6) is -0.989. The number of hydrogen-bond acceptors (Lipinski definition) is 2. The molecule has 2 aromatic carbocycles. The fourth-order valence-electron chi connectivity index (χ4n) is 1.97. The van der Waals surface area contributed by atoms with Gasteiger partial charge in [-0.1, -0.05) is 61.2 Å². The Balaban J connectivity index is 2.15. The number of hydrogen-bond donors (Lipinski definition) is 2. The number of rotatable bonds is 5. The predicted octanol–water partition coefficient (Wildman–Crippen LogP) is 3.53. The van der Waals surface area contributed by atoms with E-state index in [2.05, 4.69) is 6.58 Å². The Hall–Kier alpha value is -2.65. The molecule has 0 aromatic heterocycles. The van der Waals surface area contributed by atoms with Gasteiger partial charge < -0.3 is 10.2 Å². The molecule has 1 unspecified atom stereocenters. The maximum absolute atomic E-state index is 10.5. The van der Waals surface area contributed by atoms with E-state index in [1.165, 1.54) is 6.08 Å². The molecular formula is C18H16O3. The third-order valence-electron chi connectivity index (χ3n) is 3.15. The molecule has 0 fully saturated rings. The molecule has 0 spiro atoms. The Labute approximate surface area is 123 Å². The quantitative estimate of drug-likeness (QED) is 0.824. The Morgan fingerprint density at radius 2 is 1.67 bits per heavy atom. The van der Waals surface area contributed by atoms with Gasteiger partial charge in [0.15, 0.2) is 0 Å². The Kier molecular flexibility index (Phi) is 4.69. The molecule has 2 N–H and O–H groups in total. The Bertz CT molecular complexity index is 655. The lowest BCUT2D eigenvalue weighted by molar-refractivity contribution is -0.131. The van der Waals surface area contributed by atoms with Crippen LogP contribution in [0.15, 0.2) is 67.3 Å². The first-order valence-electron chi connectivity index (χ1n) is 6.51. The van der Waals surface area contributed by atoms with Crippen molar-refractivity contribution in [2.45, 2.75) is 6.10 Å². The van der Waals surface area contributed by atoms with Crippen LogP contribution < -0.4 is 0 Å². The van der Waals surface area contributed by atoms with Crippen LogP contribution in [0.3, 0.4) is 0 Å². The number of carboxylic acid groups (broad SMARTS) is 1. The third kappa shape index (κ3) is 3.91. The maximum atomic E-state index is 10.5. The van der Waals surface area contributed by atoms with Crippen LogP contribution in [0.25, 0.3) is 11.6 Å². The zero-order valence-electron chi connectivity index (χ0n) is 11.4. The summed E-state index contributed by atoms with van der Waals surface area (Å²) in [5, 5.41) is 18.9. The van der Waals surface area contributed by atoms with Gasteiger partial charge in [-0.15, -0.1) is 0 Å². The van der Waals surface area contributed by atoms with Crippen molar-refractivity contribution in [3.63, 3.8) is 0 Å². The van der Waals surface area contributed by atoms with E-state index in [1.807, 2.05) is 30.3 Å². The highest BCUT2D eigenvalue weighted by Gasteiger charge is 2.12. The summed E-state index contributed by atoms with van der Waals surface area (Å²) in [5.41, 5.74) is 3.00. The summed E-state index contributed by atoms with van der Waals surface area (Å²) in [4.78, 5) is 10.5. The van der Waals surface area contributed by atoms with E-state index in [0.717, 1.165) is 22.8 Å². The van der Waals surface area contributed by atoms with Gasteiger partial charge in [0.05, 0.1) is 0 Å². The molecule has 2 aromatic rings. The standard InChI is InChI=1S/C18H16O3/c1-13(15-5-3-2-4-6-15)18(21)16-10-7-14(8-11-16)9-12-17(19)20/h2-12,18,21H,1H2,(H,19,20). The predicted molar refractivity (Wildman–Crippen MR) is 83.5 cm³/mol. The maximum Gasteiger partial charge on any atom is 0.328 e. The minimum absolute atomic E-state index is 0.629. The van der Waals surface area contributed by atoms with Gasteiger partial charge in [-0.25, -0.2) is 4.79 Å². The van der Waals surface area contributed by atoms with Crippen molar-refractivity contribution in [3.05, 3.63) is 83.9 Å². The normalized spacial score (nSPS) is 12.2. The van der Waals surface area contributed by atoms with Crippen molar-refractivity contribution in [3.8, 4) is 0 Å². The largest absolute Gasteiger partial charge is 0.478 e. The van der Waals surface area contributed by atoms with Crippen LogP contribution >= 0.6 is 0 Å². The van der Waals surface area contributed by atoms with Crippen molar-refractivity contribution in [1.82, 2.24) is 0 Å². The van der Waals surface area contributed by atoms with E-state index in [4.69, 9.17) is 5.11 Å². The SMILES string of the molecule is C=C(c1ccccc1)C(O)c1ccc(C=CC(=O)O)cc1. The zero-order chi connectivity index (χ0) is 15.2. The molecule has 0 aliphatic heterocycles. The van der Waals surface area contributed by atoms with Gasteiger partial charge in [-0.05, 0) is 28.3 Å². The number of aliphatic carboxylic acids is 1. The minimum Gasteiger partial charge on any atom is -0.478 e. The molecule has 0 bridgehead atoms. The minimum atomic E-state index is -0.989. The van der Waals surface area contributed by atoms with Crippen LogP contribution in [0, 0.1) is 0 Å². The molecule has 0 heterocycles. The van der Waals surface area contributed by atoms with Crippen molar-refractivity contribution < 1.29 is 15.0 Å². The second-order valence-corrected chi connectivity index (χ2v) is 4.63. The number of aliphatic hydroxyl groups is 1. The molecule has 106 valence electrons. The van der Waals surface area contributed by atoms with Crippen LogP contribution in [-0.2, 0) is 4.79 Å². The molecule has 1 atom stereocenters. The van der Waals surface area contributed by atoms with E-state index in [0.29, 0.717) is 5.57 Å².